The van der Waals surface area contributed by atoms with Crippen LogP contribution in [0.1, 0.15) is 12.8 Å². The van der Waals surface area contributed by atoms with E-state index in [4.69, 9.17) is 11.6 Å². The predicted molar refractivity (Wildman–Crippen MR) is 74.5 cm³/mol. The molecule has 0 N–H and O–H groups in total. The molecule has 3 rings (SSSR count). The van der Waals surface area contributed by atoms with E-state index in [1.54, 1.807) is 6.07 Å². The van der Waals surface area contributed by atoms with Crippen LogP contribution in [0, 0.1) is 11.8 Å². The maximum absolute atomic E-state index is 12.3. The summed E-state index contributed by atoms with van der Waals surface area (Å²) in [6.07, 6.45) is 5.29. The minimum atomic E-state index is -0.188. The van der Waals surface area contributed by atoms with Crippen molar-refractivity contribution >= 4 is 35.4 Å². The van der Waals surface area contributed by atoms with Gasteiger partial charge in [0.05, 0.1) is 16.9 Å². The number of carbonyl (C=O) groups is 2. The molecule has 0 aromatic heterocycles. The van der Waals surface area contributed by atoms with Crippen LogP contribution >= 0.6 is 23.5 Å². The van der Waals surface area contributed by atoms with Gasteiger partial charge in [-0.2, -0.15) is 0 Å². The SMILES string of the molecule is O=C1C2CC=CCC2C(=O)N1Sc1ccccc1Cl. The quantitative estimate of drug-likeness (QED) is 0.477. The first kappa shape index (κ1) is 12.8. The van der Waals surface area contributed by atoms with Gasteiger partial charge in [-0.3, -0.25) is 9.59 Å². The molecule has 1 aliphatic carbocycles. The zero-order chi connectivity index (χ0) is 13.4. The highest BCUT2D eigenvalue weighted by molar-refractivity contribution is 7.98. The van der Waals surface area contributed by atoms with Crippen molar-refractivity contribution in [1.29, 1.82) is 0 Å². The summed E-state index contributed by atoms with van der Waals surface area (Å²) in [7, 11) is 0. The van der Waals surface area contributed by atoms with Crippen LogP contribution in [0.3, 0.4) is 0 Å². The number of nitrogens with zero attached hydrogens (tertiary/aromatic N) is 1. The molecular formula is C14H12ClNO2S. The topological polar surface area (TPSA) is 37.4 Å². The third kappa shape index (κ3) is 2.19. The third-order valence-corrected chi connectivity index (χ3v) is 5.03. The van der Waals surface area contributed by atoms with Gasteiger partial charge in [-0.1, -0.05) is 35.9 Å². The number of rotatable bonds is 2. The fourth-order valence-electron chi connectivity index (χ4n) is 2.48. The molecule has 2 amide bonds. The zero-order valence-corrected chi connectivity index (χ0v) is 11.7. The summed E-state index contributed by atoms with van der Waals surface area (Å²) in [5.74, 6) is -0.562. The maximum Gasteiger partial charge on any atom is 0.243 e. The monoisotopic (exact) mass is 293 g/mol. The molecule has 1 saturated heterocycles. The van der Waals surface area contributed by atoms with Gasteiger partial charge in [0.2, 0.25) is 11.8 Å². The molecule has 1 fully saturated rings. The Kier molecular flexibility index (Phi) is 3.37. The van der Waals surface area contributed by atoms with Crippen LogP contribution in [0.2, 0.25) is 5.02 Å². The molecule has 1 heterocycles. The third-order valence-electron chi connectivity index (χ3n) is 3.49. The van der Waals surface area contributed by atoms with E-state index < -0.39 is 0 Å². The number of hydrogen-bond acceptors (Lipinski definition) is 3. The van der Waals surface area contributed by atoms with Crippen LogP contribution < -0.4 is 0 Å². The first-order valence-electron chi connectivity index (χ1n) is 6.14. The summed E-state index contributed by atoms with van der Waals surface area (Å²) in [6, 6.07) is 7.23. The Hall–Kier alpha value is -1.26. The maximum atomic E-state index is 12.3. The zero-order valence-electron chi connectivity index (χ0n) is 10.1. The van der Waals surface area contributed by atoms with Gasteiger partial charge >= 0.3 is 0 Å². The highest BCUT2D eigenvalue weighted by Gasteiger charge is 2.47. The van der Waals surface area contributed by atoms with Crippen molar-refractivity contribution in [1.82, 2.24) is 4.31 Å². The summed E-state index contributed by atoms with van der Waals surface area (Å²) in [5.41, 5.74) is 0. The number of hydrogen-bond donors (Lipinski definition) is 0. The Morgan fingerprint density at radius 2 is 1.63 bits per heavy atom. The number of imide groups is 1. The number of halogens is 1. The van der Waals surface area contributed by atoms with Crippen molar-refractivity contribution in [2.45, 2.75) is 17.7 Å². The van der Waals surface area contributed by atoms with E-state index in [2.05, 4.69) is 0 Å². The van der Waals surface area contributed by atoms with Gasteiger partial charge in [0.25, 0.3) is 0 Å². The Labute approximate surface area is 120 Å². The van der Waals surface area contributed by atoms with E-state index >= 15 is 0 Å². The molecule has 1 aromatic rings. The van der Waals surface area contributed by atoms with E-state index in [0.29, 0.717) is 17.9 Å². The number of carbonyl (C=O) groups excluding carboxylic acids is 2. The molecule has 0 saturated carbocycles. The van der Waals surface area contributed by atoms with Crippen molar-refractivity contribution in [3.63, 3.8) is 0 Å². The van der Waals surface area contributed by atoms with Gasteiger partial charge < -0.3 is 0 Å². The van der Waals surface area contributed by atoms with Crippen molar-refractivity contribution in [3.8, 4) is 0 Å². The van der Waals surface area contributed by atoms with E-state index in [1.807, 2.05) is 30.4 Å². The lowest BCUT2D eigenvalue weighted by molar-refractivity contribution is -0.133. The largest absolute Gasteiger partial charge is 0.273 e. The second-order valence-corrected chi connectivity index (χ2v) is 6.04. The average molecular weight is 294 g/mol. The molecule has 3 nitrogen and oxygen atoms in total. The summed E-state index contributed by atoms with van der Waals surface area (Å²) in [6.45, 7) is 0. The molecule has 0 spiro atoms. The molecule has 1 aliphatic heterocycles. The van der Waals surface area contributed by atoms with E-state index in [9.17, 15) is 9.59 Å². The van der Waals surface area contributed by atoms with E-state index in [0.717, 1.165) is 16.8 Å². The number of benzene rings is 1. The minimum absolute atomic E-state index is 0.0933. The second-order valence-electron chi connectivity index (χ2n) is 4.65. The van der Waals surface area contributed by atoms with Crippen LogP contribution in [0.15, 0.2) is 41.3 Å². The summed E-state index contributed by atoms with van der Waals surface area (Å²) < 4.78 is 1.28. The standard InChI is InChI=1S/C14H12ClNO2S/c15-11-7-3-4-8-12(11)19-16-13(17)9-5-1-2-6-10(9)14(16)18/h1-4,7-10H,5-6H2. The van der Waals surface area contributed by atoms with Crippen LogP contribution in [0.25, 0.3) is 0 Å². The lowest BCUT2D eigenvalue weighted by Gasteiger charge is -2.14. The first-order chi connectivity index (χ1) is 9.18. The second kappa shape index (κ2) is 5.02. The summed E-state index contributed by atoms with van der Waals surface area (Å²) in [4.78, 5) is 25.3. The van der Waals surface area contributed by atoms with Crippen molar-refractivity contribution in [3.05, 3.63) is 41.4 Å². The van der Waals surface area contributed by atoms with E-state index in [-0.39, 0.29) is 23.7 Å². The van der Waals surface area contributed by atoms with Crippen LogP contribution in [0.5, 0.6) is 0 Å². The molecule has 2 aliphatic rings. The number of amides is 2. The molecule has 98 valence electrons. The molecular weight excluding hydrogens is 282 g/mol. The smallest absolute Gasteiger partial charge is 0.243 e. The van der Waals surface area contributed by atoms with Crippen molar-refractivity contribution < 1.29 is 9.59 Å². The normalized spacial score (nSPS) is 25.8. The average Bonchev–Trinajstić information content (AvgIpc) is 2.67. The van der Waals surface area contributed by atoms with Gasteiger partial charge in [0.1, 0.15) is 0 Å². The van der Waals surface area contributed by atoms with Crippen LogP contribution in [-0.4, -0.2) is 16.1 Å². The lowest BCUT2D eigenvalue weighted by atomic mass is 9.85. The summed E-state index contributed by atoms with van der Waals surface area (Å²) >= 11 is 7.20. The fraction of sp³-hybridized carbons (Fsp3) is 0.286. The Bertz CT molecular complexity index is 546. The molecule has 0 radical (unpaired) electrons. The molecule has 5 heteroatoms. The minimum Gasteiger partial charge on any atom is -0.273 e. The first-order valence-corrected chi connectivity index (χ1v) is 7.29. The molecule has 2 unspecified atom stereocenters. The highest BCUT2D eigenvalue weighted by Crippen LogP contribution is 2.41. The van der Waals surface area contributed by atoms with Crippen LogP contribution in [0.4, 0.5) is 0 Å². The van der Waals surface area contributed by atoms with Gasteiger partial charge in [0, 0.05) is 4.90 Å². The summed E-state index contributed by atoms with van der Waals surface area (Å²) in [5, 5.41) is 0.557. The van der Waals surface area contributed by atoms with Gasteiger partial charge in [-0.05, 0) is 36.9 Å². The number of allylic oxidation sites excluding steroid dienone is 2. The predicted octanol–water partition coefficient (Wildman–Crippen LogP) is 3.30. The van der Waals surface area contributed by atoms with Crippen molar-refractivity contribution in [2.75, 3.05) is 0 Å². The Morgan fingerprint density at radius 1 is 1.05 bits per heavy atom. The number of fused-ring (bicyclic) bond motifs is 1. The fourth-order valence-corrected chi connectivity index (χ4v) is 3.66. The van der Waals surface area contributed by atoms with Crippen LogP contribution in [-0.2, 0) is 9.59 Å². The van der Waals surface area contributed by atoms with Gasteiger partial charge in [-0.15, -0.1) is 0 Å². The Balaban J connectivity index is 1.85. The Morgan fingerprint density at radius 3 is 2.21 bits per heavy atom. The van der Waals surface area contributed by atoms with E-state index in [1.165, 1.54) is 4.31 Å². The van der Waals surface area contributed by atoms with Crippen molar-refractivity contribution in [2.24, 2.45) is 11.8 Å². The molecule has 0 bridgehead atoms. The highest BCUT2D eigenvalue weighted by atomic mass is 35.5. The lowest BCUT2D eigenvalue weighted by Crippen LogP contribution is -2.23. The molecule has 19 heavy (non-hydrogen) atoms. The molecule has 2 atom stereocenters. The van der Waals surface area contributed by atoms with Gasteiger partial charge in [-0.25, -0.2) is 4.31 Å². The van der Waals surface area contributed by atoms with Gasteiger partial charge in [0.15, 0.2) is 0 Å². The molecule has 1 aromatic carbocycles.